The van der Waals surface area contributed by atoms with Gasteiger partial charge in [0.1, 0.15) is 5.75 Å². The Balaban J connectivity index is 3.13. The minimum Gasteiger partial charge on any atom is -0.496 e. The molecule has 0 unspecified atom stereocenters. The van der Waals surface area contributed by atoms with Gasteiger partial charge in [-0.2, -0.15) is 0 Å². The number of methoxy groups -OCH3 is 1. The first kappa shape index (κ1) is 16.9. The third-order valence-electron chi connectivity index (χ3n) is 2.57. The molecule has 0 aliphatic carbocycles. The Morgan fingerprint density at radius 2 is 1.90 bits per heavy atom. The van der Waals surface area contributed by atoms with Crippen LogP contribution in [-0.4, -0.2) is 27.6 Å². The molecule has 1 aromatic rings. The molecule has 0 aliphatic rings. The highest BCUT2D eigenvalue weighted by Gasteiger charge is 2.22. The summed E-state index contributed by atoms with van der Waals surface area (Å²) < 4.78 is 32.5. The van der Waals surface area contributed by atoms with E-state index in [1.165, 1.54) is 0 Å². The molecule has 0 spiro atoms. The Bertz CT molecular complexity index is 548. The lowest BCUT2D eigenvalue weighted by molar-refractivity contribution is 0.407. The molecule has 0 radical (unpaired) electrons. The summed E-state index contributed by atoms with van der Waals surface area (Å²) in [5.74, 6) is 0.681. The number of ether oxygens (including phenoxy) is 1. The number of sulfonamides is 1. The molecular formula is C14H24N2O3S. The Morgan fingerprint density at radius 1 is 1.25 bits per heavy atom. The molecule has 0 aliphatic heterocycles. The predicted octanol–water partition coefficient (Wildman–Crippen LogP) is 1.88. The predicted molar refractivity (Wildman–Crippen MR) is 80.4 cm³/mol. The second kappa shape index (κ2) is 6.56. The van der Waals surface area contributed by atoms with E-state index < -0.39 is 15.6 Å². The van der Waals surface area contributed by atoms with Crippen molar-refractivity contribution in [1.29, 1.82) is 0 Å². The van der Waals surface area contributed by atoms with Gasteiger partial charge in [0.05, 0.1) is 12.0 Å². The van der Waals surface area contributed by atoms with Gasteiger partial charge in [-0.05, 0) is 45.5 Å². The van der Waals surface area contributed by atoms with Crippen molar-refractivity contribution in [3.63, 3.8) is 0 Å². The molecule has 2 N–H and O–H groups in total. The minimum absolute atomic E-state index is 0.251. The van der Waals surface area contributed by atoms with Crippen LogP contribution in [0, 0.1) is 0 Å². The van der Waals surface area contributed by atoms with Crippen molar-refractivity contribution < 1.29 is 13.2 Å². The lowest BCUT2D eigenvalue weighted by atomic mass is 10.1. The first-order valence-electron chi connectivity index (χ1n) is 6.61. The summed E-state index contributed by atoms with van der Waals surface area (Å²) in [5, 5.41) is 3.17. The molecule has 0 bridgehead atoms. The maximum Gasteiger partial charge on any atom is 0.241 e. The van der Waals surface area contributed by atoms with Gasteiger partial charge in [0.25, 0.3) is 0 Å². The highest BCUT2D eigenvalue weighted by Crippen LogP contribution is 2.23. The van der Waals surface area contributed by atoms with E-state index in [0.29, 0.717) is 12.3 Å². The number of hydrogen-bond donors (Lipinski definition) is 2. The highest BCUT2D eigenvalue weighted by atomic mass is 32.2. The van der Waals surface area contributed by atoms with Crippen LogP contribution in [0.2, 0.25) is 0 Å². The minimum atomic E-state index is -3.52. The van der Waals surface area contributed by atoms with Crippen LogP contribution in [0.15, 0.2) is 23.1 Å². The van der Waals surface area contributed by atoms with Crippen LogP contribution >= 0.6 is 0 Å². The van der Waals surface area contributed by atoms with Crippen molar-refractivity contribution in [2.24, 2.45) is 0 Å². The lowest BCUT2D eigenvalue weighted by Gasteiger charge is -2.21. The molecule has 0 heterocycles. The van der Waals surface area contributed by atoms with E-state index in [-0.39, 0.29) is 4.90 Å². The third kappa shape index (κ3) is 4.77. The average molecular weight is 300 g/mol. The molecule has 0 aromatic heterocycles. The molecular weight excluding hydrogens is 276 g/mol. The zero-order valence-electron chi connectivity index (χ0n) is 12.8. The van der Waals surface area contributed by atoms with Gasteiger partial charge >= 0.3 is 0 Å². The number of benzene rings is 1. The lowest BCUT2D eigenvalue weighted by Crippen LogP contribution is -2.40. The van der Waals surface area contributed by atoms with E-state index in [0.717, 1.165) is 12.1 Å². The topological polar surface area (TPSA) is 67.4 Å². The van der Waals surface area contributed by atoms with E-state index in [2.05, 4.69) is 10.0 Å². The first-order chi connectivity index (χ1) is 9.19. The Kier molecular flexibility index (Phi) is 5.56. The summed E-state index contributed by atoms with van der Waals surface area (Å²) in [4.78, 5) is 0.251. The van der Waals surface area contributed by atoms with Crippen LogP contribution < -0.4 is 14.8 Å². The summed E-state index contributed by atoms with van der Waals surface area (Å²) in [6.45, 7) is 8.81. The van der Waals surface area contributed by atoms with Crippen LogP contribution in [0.25, 0.3) is 0 Å². The molecule has 0 fully saturated rings. The van der Waals surface area contributed by atoms with Gasteiger partial charge in [-0.1, -0.05) is 6.92 Å². The molecule has 0 saturated carbocycles. The van der Waals surface area contributed by atoms with E-state index >= 15 is 0 Å². The van der Waals surface area contributed by atoms with Crippen molar-refractivity contribution >= 4 is 10.0 Å². The van der Waals surface area contributed by atoms with Gasteiger partial charge in [0.2, 0.25) is 10.0 Å². The van der Waals surface area contributed by atoms with E-state index in [4.69, 9.17) is 4.74 Å². The molecule has 5 nitrogen and oxygen atoms in total. The molecule has 20 heavy (non-hydrogen) atoms. The van der Waals surface area contributed by atoms with Gasteiger partial charge in [0, 0.05) is 17.6 Å². The zero-order valence-corrected chi connectivity index (χ0v) is 13.6. The Labute approximate surface area is 121 Å². The SMILES string of the molecule is CCNCc1cc(S(=O)(=O)NC(C)(C)C)ccc1OC. The van der Waals surface area contributed by atoms with Crippen molar-refractivity contribution in [3.05, 3.63) is 23.8 Å². The fourth-order valence-corrected chi connectivity index (χ4v) is 3.25. The fourth-order valence-electron chi connectivity index (χ4n) is 1.78. The number of nitrogens with one attached hydrogen (secondary N) is 2. The third-order valence-corrected chi connectivity index (χ3v) is 4.32. The van der Waals surface area contributed by atoms with Crippen molar-refractivity contribution in [2.75, 3.05) is 13.7 Å². The van der Waals surface area contributed by atoms with Crippen LogP contribution in [0.4, 0.5) is 0 Å². The van der Waals surface area contributed by atoms with Gasteiger partial charge < -0.3 is 10.1 Å². The van der Waals surface area contributed by atoms with Gasteiger partial charge in [-0.25, -0.2) is 13.1 Å². The smallest absolute Gasteiger partial charge is 0.241 e. The molecule has 0 amide bonds. The van der Waals surface area contributed by atoms with Crippen LogP contribution in [0.1, 0.15) is 33.3 Å². The van der Waals surface area contributed by atoms with E-state index in [9.17, 15) is 8.42 Å². The Morgan fingerprint density at radius 3 is 2.40 bits per heavy atom. The molecule has 114 valence electrons. The normalized spacial score (nSPS) is 12.4. The number of rotatable bonds is 6. The number of hydrogen-bond acceptors (Lipinski definition) is 4. The fraction of sp³-hybridized carbons (Fsp3) is 0.571. The van der Waals surface area contributed by atoms with Crippen molar-refractivity contribution in [1.82, 2.24) is 10.0 Å². The Hall–Kier alpha value is -1.11. The van der Waals surface area contributed by atoms with Gasteiger partial charge in [-0.3, -0.25) is 0 Å². The zero-order chi connectivity index (χ0) is 15.4. The second-order valence-corrected chi connectivity index (χ2v) is 7.29. The van der Waals surface area contributed by atoms with Gasteiger partial charge in [0.15, 0.2) is 0 Å². The average Bonchev–Trinajstić information content (AvgIpc) is 2.33. The van der Waals surface area contributed by atoms with Crippen LogP contribution in [0.5, 0.6) is 5.75 Å². The monoisotopic (exact) mass is 300 g/mol. The quantitative estimate of drug-likeness (QED) is 0.842. The van der Waals surface area contributed by atoms with E-state index in [1.54, 1.807) is 25.3 Å². The van der Waals surface area contributed by atoms with Gasteiger partial charge in [-0.15, -0.1) is 0 Å². The summed E-state index contributed by atoms with van der Waals surface area (Å²) in [5.41, 5.74) is 0.312. The maximum absolute atomic E-state index is 12.3. The first-order valence-corrected chi connectivity index (χ1v) is 8.09. The van der Waals surface area contributed by atoms with Crippen molar-refractivity contribution in [2.45, 2.75) is 44.7 Å². The second-order valence-electron chi connectivity index (χ2n) is 5.61. The summed E-state index contributed by atoms with van der Waals surface area (Å²) in [7, 11) is -1.95. The van der Waals surface area contributed by atoms with Crippen LogP contribution in [-0.2, 0) is 16.6 Å². The maximum atomic E-state index is 12.3. The summed E-state index contributed by atoms with van der Waals surface area (Å²) in [6.07, 6.45) is 0. The molecule has 6 heteroatoms. The summed E-state index contributed by atoms with van der Waals surface area (Å²) >= 11 is 0. The van der Waals surface area contributed by atoms with Crippen molar-refractivity contribution in [3.8, 4) is 5.75 Å². The summed E-state index contributed by atoms with van der Waals surface area (Å²) in [6, 6.07) is 4.89. The molecule has 0 saturated heterocycles. The molecule has 1 aromatic carbocycles. The standard InChI is InChI=1S/C14H24N2O3S/c1-6-15-10-11-9-12(7-8-13(11)19-5)20(17,18)16-14(2,3)4/h7-9,15-16H,6,10H2,1-5H3. The largest absolute Gasteiger partial charge is 0.496 e. The highest BCUT2D eigenvalue weighted by molar-refractivity contribution is 7.89. The molecule has 1 rings (SSSR count). The molecule has 0 atom stereocenters. The van der Waals surface area contributed by atoms with E-state index in [1.807, 2.05) is 27.7 Å². The van der Waals surface area contributed by atoms with Crippen LogP contribution in [0.3, 0.4) is 0 Å².